The summed E-state index contributed by atoms with van der Waals surface area (Å²) in [7, 11) is 0. The molecule has 1 unspecified atom stereocenters. The lowest BCUT2D eigenvalue weighted by Crippen LogP contribution is -2.03. The molecule has 108 valence electrons. The van der Waals surface area contributed by atoms with Gasteiger partial charge in [-0.3, -0.25) is 0 Å². The summed E-state index contributed by atoms with van der Waals surface area (Å²) in [5, 5.41) is 11.8. The van der Waals surface area contributed by atoms with Crippen molar-refractivity contribution in [2.24, 2.45) is 0 Å². The van der Waals surface area contributed by atoms with E-state index in [9.17, 15) is 4.79 Å². The highest BCUT2D eigenvalue weighted by Gasteiger charge is 2.16. The minimum absolute atomic E-state index is 0.0293. The average molecular weight is 294 g/mol. The predicted molar refractivity (Wildman–Crippen MR) is 78.1 cm³/mol. The minimum Gasteiger partial charge on any atom is -0.477 e. The van der Waals surface area contributed by atoms with Gasteiger partial charge in [0.25, 0.3) is 0 Å². The third-order valence-corrected chi connectivity index (χ3v) is 3.86. The molecule has 2 aromatic heterocycles. The maximum atomic E-state index is 10.9. The number of hydrogen-bond acceptors (Lipinski definition) is 4. The SMILES string of the molecule is CCCC(OCC)c1nc(-c2c[nH]c(C(=O)O)c2)cs1. The van der Waals surface area contributed by atoms with Gasteiger partial charge in [-0.25, -0.2) is 9.78 Å². The molecule has 2 heterocycles. The molecule has 0 bridgehead atoms. The van der Waals surface area contributed by atoms with Crippen LogP contribution in [0.15, 0.2) is 17.6 Å². The summed E-state index contributed by atoms with van der Waals surface area (Å²) in [6.45, 7) is 4.75. The predicted octanol–water partition coefficient (Wildman–Crippen LogP) is 3.71. The highest BCUT2D eigenvalue weighted by molar-refractivity contribution is 7.10. The number of rotatable bonds is 7. The molecule has 0 fully saturated rings. The number of aromatic nitrogens is 2. The fourth-order valence-corrected chi connectivity index (χ4v) is 2.89. The summed E-state index contributed by atoms with van der Waals surface area (Å²) in [5.74, 6) is -0.968. The van der Waals surface area contributed by atoms with Crippen LogP contribution in [0.4, 0.5) is 0 Å². The number of nitrogens with one attached hydrogen (secondary N) is 1. The van der Waals surface area contributed by atoms with Gasteiger partial charge >= 0.3 is 5.97 Å². The Balaban J connectivity index is 2.20. The first kappa shape index (κ1) is 14.7. The number of carbonyl (C=O) groups is 1. The molecule has 20 heavy (non-hydrogen) atoms. The van der Waals surface area contributed by atoms with Gasteiger partial charge in [-0.05, 0) is 19.4 Å². The van der Waals surface area contributed by atoms with Crippen LogP contribution in [0.5, 0.6) is 0 Å². The van der Waals surface area contributed by atoms with Crippen molar-refractivity contribution in [3.05, 3.63) is 28.3 Å². The molecular weight excluding hydrogens is 276 g/mol. The fourth-order valence-electron chi connectivity index (χ4n) is 1.98. The standard InChI is InChI=1S/C14H18N2O3S/c1-3-5-12(19-4-2)13-16-11(8-20-13)9-6-10(14(17)18)15-7-9/h6-8,12,15H,3-5H2,1-2H3,(H,17,18). The van der Waals surface area contributed by atoms with Crippen LogP contribution in [0.25, 0.3) is 11.3 Å². The van der Waals surface area contributed by atoms with Crippen molar-refractivity contribution in [3.8, 4) is 11.3 Å². The van der Waals surface area contributed by atoms with Crippen LogP contribution in [0.1, 0.15) is 48.3 Å². The summed E-state index contributed by atoms with van der Waals surface area (Å²) < 4.78 is 5.71. The number of carboxylic acids is 1. The monoisotopic (exact) mass is 294 g/mol. The van der Waals surface area contributed by atoms with Crippen molar-refractivity contribution in [2.45, 2.75) is 32.8 Å². The maximum absolute atomic E-state index is 10.9. The molecule has 0 radical (unpaired) electrons. The van der Waals surface area contributed by atoms with Crippen LogP contribution >= 0.6 is 11.3 Å². The molecule has 2 rings (SSSR count). The van der Waals surface area contributed by atoms with Gasteiger partial charge < -0.3 is 14.8 Å². The molecule has 1 atom stereocenters. The zero-order valence-electron chi connectivity index (χ0n) is 11.5. The van der Waals surface area contributed by atoms with Gasteiger partial charge in [0.1, 0.15) is 16.8 Å². The summed E-state index contributed by atoms with van der Waals surface area (Å²) in [5.41, 5.74) is 1.75. The zero-order valence-corrected chi connectivity index (χ0v) is 12.4. The number of H-pyrrole nitrogens is 1. The van der Waals surface area contributed by atoms with E-state index in [0.717, 1.165) is 29.1 Å². The fraction of sp³-hybridized carbons (Fsp3) is 0.429. The van der Waals surface area contributed by atoms with Crippen molar-refractivity contribution in [3.63, 3.8) is 0 Å². The Bertz CT molecular complexity index is 570. The number of aromatic carboxylic acids is 1. The van der Waals surface area contributed by atoms with E-state index in [4.69, 9.17) is 9.84 Å². The normalized spacial score (nSPS) is 12.5. The van der Waals surface area contributed by atoms with Gasteiger partial charge in [0.05, 0.1) is 5.69 Å². The number of nitrogens with zero attached hydrogens (tertiary/aromatic N) is 1. The third-order valence-electron chi connectivity index (χ3n) is 2.93. The molecule has 6 heteroatoms. The van der Waals surface area contributed by atoms with Crippen LogP contribution in [0.2, 0.25) is 0 Å². The Morgan fingerprint density at radius 1 is 1.55 bits per heavy atom. The largest absolute Gasteiger partial charge is 0.477 e. The van der Waals surface area contributed by atoms with E-state index in [1.54, 1.807) is 23.6 Å². The first-order valence-electron chi connectivity index (χ1n) is 6.64. The van der Waals surface area contributed by atoms with Gasteiger partial charge in [0, 0.05) is 23.7 Å². The maximum Gasteiger partial charge on any atom is 0.352 e. The summed E-state index contributed by atoms with van der Waals surface area (Å²) in [6, 6.07) is 1.59. The lowest BCUT2D eigenvalue weighted by molar-refractivity contribution is 0.0555. The van der Waals surface area contributed by atoms with Gasteiger partial charge in [-0.2, -0.15) is 0 Å². The summed E-state index contributed by atoms with van der Waals surface area (Å²) >= 11 is 1.55. The van der Waals surface area contributed by atoms with Crippen LogP contribution in [-0.2, 0) is 4.74 Å². The smallest absolute Gasteiger partial charge is 0.352 e. The molecule has 0 aromatic carbocycles. The van der Waals surface area contributed by atoms with Crippen molar-refractivity contribution in [2.75, 3.05) is 6.61 Å². The lowest BCUT2D eigenvalue weighted by atomic mass is 10.2. The van der Waals surface area contributed by atoms with Crippen molar-refractivity contribution >= 4 is 17.3 Å². The quantitative estimate of drug-likeness (QED) is 0.816. The van der Waals surface area contributed by atoms with Crippen LogP contribution in [0.3, 0.4) is 0 Å². The van der Waals surface area contributed by atoms with E-state index in [1.165, 1.54) is 0 Å². The summed E-state index contributed by atoms with van der Waals surface area (Å²) in [6.07, 6.45) is 3.67. The number of ether oxygens (including phenoxy) is 1. The van der Waals surface area contributed by atoms with E-state index >= 15 is 0 Å². The molecule has 0 saturated heterocycles. The van der Waals surface area contributed by atoms with Crippen molar-refractivity contribution in [1.82, 2.24) is 9.97 Å². The molecule has 0 amide bonds. The highest BCUT2D eigenvalue weighted by Crippen LogP contribution is 2.30. The van der Waals surface area contributed by atoms with E-state index in [2.05, 4.69) is 16.9 Å². The second kappa shape index (κ2) is 6.67. The third kappa shape index (κ3) is 3.26. The molecule has 5 nitrogen and oxygen atoms in total. The molecule has 0 aliphatic carbocycles. The van der Waals surface area contributed by atoms with Crippen molar-refractivity contribution in [1.29, 1.82) is 0 Å². The van der Waals surface area contributed by atoms with E-state index in [0.29, 0.717) is 6.61 Å². The first-order chi connectivity index (χ1) is 9.65. The van der Waals surface area contributed by atoms with Crippen LogP contribution in [0, 0.1) is 0 Å². The molecular formula is C14H18N2O3S. The van der Waals surface area contributed by atoms with Gasteiger partial charge in [-0.1, -0.05) is 13.3 Å². The lowest BCUT2D eigenvalue weighted by Gasteiger charge is -2.12. The average Bonchev–Trinajstić information content (AvgIpc) is 3.07. The van der Waals surface area contributed by atoms with E-state index in [1.807, 2.05) is 12.3 Å². The Morgan fingerprint density at radius 3 is 2.95 bits per heavy atom. The van der Waals surface area contributed by atoms with E-state index < -0.39 is 5.97 Å². The van der Waals surface area contributed by atoms with Crippen molar-refractivity contribution < 1.29 is 14.6 Å². The Kier molecular flexibility index (Phi) is 4.92. The topological polar surface area (TPSA) is 75.2 Å². The first-order valence-corrected chi connectivity index (χ1v) is 7.52. The molecule has 0 aliphatic heterocycles. The second-order valence-corrected chi connectivity index (χ2v) is 5.30. The molecule has 0 saturated carbocycles. The zero-order chi connectivity index (χ0) is 14.5. The second-order valence-electron chi connectivity index (χ2n) is 4.41. The number of aromatic amines is 1. The Labute approximate surface area is 121 Å². The number of thiazole rings is 1. The molecule has 0 spiro atoms. The molecule has 2 N–H and O–H groups in total. The Morgan fingerprint density at radius 2 is 2.35 bits per heavy atom. The van der Waals surface area contributed by atoms with Crippen LogP contribution < -0.4 is 0 Å². The molecule has 0 aliphatic rings. The van der Waals surface area contributed by atoms with Crippen LogP contribution in [-0.4, -0.2) is 27.7 Å². The van der Waals surface area contributed by atoms with Gasteiger partial charge in [0.2, 0.25) is 0 Å². The van der Waals surface area contributed by atoms with Gasteiger partial charge in [0.15, 0.2) is 0 Å². The minimum atomic E-state index is -0.968. The number of carboxylic acid groups (broad SMARTS) is 1. The highest BCUT2D eigenvalue weighted by atomic mass is 32.1. The number of hydrogen-bond donors (Lipinski definition) is 2. The Hall–Kier alpha value is -1.66. The van der Waals surface area contributed by atoms with E-state index in [-0.39, 0.29) is 11.8 Å². The summed E-state index contributed by atoms with van der Waals surface area (Å²) in [4.78, 5) is 18.2. The molecule has 2 aromatic rings. The van der Waals surface area contributed by atoms with Gasteiger partial charge in [-0.15, -0.1) is 11.3 Å².